The lowest BCUT2D eigenvalue weighted by Gasteiger charge is -2.16. The molecule has 4 nitrogen and oxygen atoms in total. The minimum atomic E-state index is 0.243. The molecule has 0 saturated carbocycles. The molecule has 2 aromatic rings. The van der Waals surface area contributed by atoms with Gasteiger partial charge in [0.1, 0.15) is 11.6 Å². The molecule has 1 N–H and O–H groups in total. The summed E-state index contributed by atoms with van der Waals surface area (Å²) < 4.78 is 7.63. The number of ether oxygens (including phenoxy) is 1. The van der Waals surface area contributed by atoms with Gasteiger partial charge >= 0.3 is 0 Å². The van der Waals surface area contributed by atoms with Crippen molar-refractivity contribution >= 4 is 11.3 Å². The number of imidazole rings is 1. The predicted octanol–water partition coefficient (Wildman–Crippen LogP) is 2.87. The van der Waals surface area contributed by atoms with Crippen LogP contribution in [0.4, 0.5) is 0 Å². The molecule has 0 saturated heterocycles. The van der Waals surface area contributed by atoms with Gasteiger partial charge in [0.15, 0.2) is 0 Å². The molecular weight excluding hydrogens is 258 g/mol. The number of thiophene rings is 1. The fourth-order valence-electron chi connectivity index (χ4n) is 2.21. The van der Waals surface area contributed by atoms with Gasteiger partial charge < -0.3 is 14.6 Å². The van der Waals surface area contributed by atoms with E-state index in [-0.39, 0.29) is 6.04 Å². The van der Waals surface area contributed by atoms with Crippen LogP contribution in [0.1, 0.15) is 30.1 Å². The summed E-state index contributed by atoms with van der Waals surface area (Å²) >= 11 is 1.72. The Bertz CT molecular complexity index is 506. The Morgan fingerprint density at radius 1 is 1.53 bits per heavy atom. The van der Waals surface area contributed by atoms with E-state index in [2.05, 4.69) is 33.4 Å². The summed E-state index contributed by atoms with van der Waals surface area (Å²) in [4.78, 5) is 5.71. The minimum Gasteiger partial charge on any atom is -0.496 e. The highest BCUT2D eigenvalue weighted by Crippen LogP contribution is 2.32. The maximum atomic E-state index is 5.41. The first-order chi connectivity index (χ1) is 9.30. The monoisotopic (exact) mass is 279 g/mol. The molecule has 0 aliphatic heterocycles. The Hall–Kier alpha value is -1.33. The van der Waals surface area contributed by atoms with Crippen molar-refractivity contribution in [3.05, 3.63) is 34.5 Å². The zero-order chi connectivity index (χ0) is 13.7. The van der Waals surface area contributed by atoms with Crippen LogP contribution in [0.15, 0.2) is 23.8 Å². The molecule has 0 amide bonds. The Labute approximate surface area is 118 Å². The SMILES string of the molecule is CCCn1ccnc1CC(NC)c1sccc1OC. The number of nitrogens with one attached hydrogen (secondary N) is 1. The molecule has 104 valence electrons. The van der Waals surface area contributed by atoms with Crippen LogP contribution < -0.4 is 10.1 Å². The third-order valence-electron chi connectivity index (χ3n) is 3.20. The molecule has 0 radical (unpaired) electrons. The van der Waals surface area contributed by atoms with Gasteiger partial charge in [-0.05, 0) is 24.9 Å². The molecule has 0 aromatic carbocycles. The van der Waals surface area contributed by atoms with E-state index in [1.165, 1.54) is 4.88 Å². The summed E-state index contributed by atoms with van der Waals surface area (Å²) in [6.07, 6.45) is 5.93. The summed E-state index contributed by atoms with van der Waals surface area (Å²) in [6.45, 7) is 3.20. The maximum absolute atomic E-state index is 5.41. The molecule has 19 heavy (non-hydrogen) atoms. The van der Waals surface area contributed by atoms with Gasteiger partial charge in [-0.3, -0.25) is 0 Å². The molecule has 5 heteroatoms. The van der Waals surface area contributed by atoms with Gasteiger partial charge in [-0.25, -0.2) is 4.98 Å². The first-order valence-electron chi connectivity index (χ1n) is 6.58. The van der Waals surface area contributed by atoms with Crippen molar-refractivity contribution in [3.63, 3.8) is 0 Å². The number of methoxy groups -OCH3 is 1. The normalized spacial score (nSPS) is 12.6. The maximum Gasteiger partial charge on any atom is 0.134 e. The molecule has 2 aromatic heterocycles. The fourth-order valence-corrected chi connectivity index (χ4v) is 3.19. The van der Waals surface area contributed by atoms with E-state index in [1.807, 2.05) is 19.3 Å². The second kappa shape index (κ2) is 6.73. The number of aryl methyl sites for hydroxylation is 1. The number of aromatic nitrogens is 2. The van der Waals surface area contributed by atoms with E-state index in [4.69, 9.17) is 4.74 Å². The molecule has 0 aliphatic carbocycles. The van der Waals surface area contributed by atoms with Crippen LogP contribution in [-0.2, 0) is 13.0 Å². The van der Waals surface area contributed by atoms with Crippen molar-refractivity contribution in [1.82, 2.24) is 14.9 Å². The summed E-state index contributed by atoms with van der Waals surface area (Å²) in [5.74, 6) is 2.08. The smallest absolute Gasteiger partial charge is 0.134 e. The average molecular weight is 279 g/mol. The third-order valence-corrected chi connectivity index (χ3v) is 4.21. The zero-order valence-electron chi connectivity index (χ0n) is 11.7. The first kappa shape index (κ1) is 14.1. The van der Waals surface area contributed by atoms with Crippen molar-refractivity contribution in [2.24, 2.45) is 0 Å². The largest absolute Gasteiger partial charge is 0.496 e. The van der Waals surface area contributed by atoms with Crippen LogP contribution in [0.25, 0.3) is 0 Å². The second-order valence-electron chi connectivity index (χ2n) is 4.44. The van der Waals surface area contributed by atoms with Gasteiger partial charge in [-0.2, -0.15) is 0 Å². The lowest BCUT2D eigenvalue weighted by molar-refractivity contribution is 0.404. The van der Waals surface area contributed by atoms with Crippen molar-refractivity contribution in [2.75, 3.05) is 14.2 Å². The summed E-state index contributed by atoms with van der Waals surface area (Å²) in [5.41, 5.74) is 0. The molecule has 1 unspecified atom stereocenters. The summed E-state index contributed by atoms with van der Waals surface area (Å²) in [5, 5.41) is 5.43. The van der Waals surface area contributed by atoms with Crippen LogP contribution >= 0.6 is 11.3 Å². The molecular formula is C14H21N3OS. The van der Waals surface area contributed by atoms with Crippen molar-refractivity contribution in [3.8, 4) is 5.75 Å². The predicted molar refractivity (Wildman–Crippen MR) is 78.9 cm³/mol. The molecule has 1 atom stereocenters. The van der Waals surface area contributed by atoms with Crippen LogP contribution in [0.3, 0.4) is 0 Å². The van der Waals surface area contributed by atoms with Gasteiger partial charge in [0.05, 0.1) is 18.0 Å². The number of hydrogen-bond acceptors (Lipinski definition) is 4. The van der Waals surface area contributed by atoms with E-state index in [0.717, 1.165) is 31.0 Å². The Morgan fingerprint density at radius 2 is 2.37 bits per heavy atom. The van der Waals surface area contributed by atoms with Crippen molar-refractivity contribution < 1.29 is 4.74 Å². The minimum absolute atomic E-state index is 0.243. The summed E-state index contributed by atoms with van der Waals surface area (Å²) in [6, 6.07) is 2.26. The van der Waals surface area contributed by atoms with Gasteiger partial charge in [0.25, 0.3) is 0 Å². The highest BCUT2D eigenvalue weighted by atomic mass is 32.1. The molecule has 2 heterocycles. The van der Waals surface area contributed by atoms with E-state index >= 15 is 0 Å². The molecule has 0 spiro atoms. The van der Waals surface area contributed by atoms with Gasteiger partial charge in [-0.15, -0.1) is 11.3 Å². The third kappa shape index (κ3) is 3.16. The quantitative estimate of drug-likeness (QED) is 0.847. The molecule has 2 rings (SSSR count). The second-order valence-corrected chi connectivity index (χ2v) is 5.38. The van der Waals surface area contributed by atoms with Gasteiger partial charge in [-0.1, -0.05) is 6.92 Å². The topological polar surface area (TPSA) is 39.1 Å². The fraction of sp³-hybridized carbons (Fsp3) is 0.500. The van der Waals surface area contributed by atoms with E-state index in [9.17, 15) is 0 Å². The van der Waals surface area contributed by atoms with Gasteiger partial charge in [0, 0.05) is 25.4 Å². The standard InChI is InChI=1S/C14H21N3OS/c1-4-7-17-8-6-16-13(17)10-11(15-2)14-12(18-3)5-9-19-14/h5-6,8-9,11,15H,4,7,10H2,1-3H3. The Balaban J connectivity index is 2.17. The van der Waals surface area contributed by atoms with E-state index in [0.29, 0.717) is 0 Å². The Kier molecular flexibility index (Phi) is 4.99. The number of likely N-dealkylation sites (N-methyl/N-ethyl adjacent to an activating group) is 1. The van der Waals surface area contributed by atoms with Crippen LogP contribution in [-0.4, -0.2) is 23.7 Å². The van der Waals surface area contributed by atoms with E-state index < -0.39 is 0 Å². The first-order valence-corrected chi connectivity index (χ1v) is 7.46. The van der Waals surface area contributed by atoms with Crippen LogP contribution in [0.5, 0.6) is 5.75 Å². The highest BCUT2D eigenvalue weighted by Gasteiger charge is 2.18. The molecule has 0 bridgehead atoms. The lowest BCUT2D eigenvalue weighted by atomic mass is 10.1. The zero-order valence-corrected chi connectivity index (χ0v) is 12.5. The number of hydrogen-bond donors (Lipinski definition) is 1. The number of nitrogens with zero attached hydrogens (tertiary/aromatic N) is 2. The van der Waals surface area contributed by atoms with Crippen LogP contribution in [0, 0.1) is 0 Å². The van der Waals surface area contributed by atoms with E-state index in [1.54, 1.807) is 18.4 Å². The summed E-state index contributed by atoms with van der Waals surface area (Å²) in [7, 11) is 3.70. The Morgan fingerprint density at radius 3 is 3.05 bits per heavy atom. The molecule has 0 aliphatic rings. The van der Waals surface area contributed by atoms with Gasteiger partial charge in [0.2, 0.25) is 0 Å². The molecule has 0 fully saturated rings. The van der Waals surface area contributed by atoms with Crippen molar-refractivity contribution in [1.29, 1.82) is 0 Å². The van der Waals surface area contributed by atoms with Crippen molar-refractivity contribution in [2.45, 2.75) is 32.4 Å². The highest BCUT2D eigenvalue weighted by molar-refractivity contribution is 7.10. The lowest BCUT2D eigenvalue weighted by Crippen LogP contribution is -2.20. The number of rotatable bonds is 7. The average Bonchev–Trinajstić information content (AvgIpc) is 3.05. The van der Waals surface area contributed by atoms with Crippen LogP contribution in [0.2, 0.25) is 0 Å².